The third-order valence-corrected chi connectivity index (χ3v) is 4.11. The van der Waals surface area contributed by atoms with E-state index in [0.29, 0.717) is 25.2 Å². The van der Waals surface area contributed by atoms with Crippen LogP contribution in [0.15, 0.2) is 24.3 Å². The number of ether oxygens (including phenoxy) is 2. The summed E-state index contributed by atoms with van der Waals surface area (Å²) in [6.07, 6.45) is 3.14. The molecule has 2 atom stereocenters. The monoisotopic (exact) mass is 275 g/mol. The van der Waals surface area contributed by atoms with Gasteiger partial charge in [-0.25, -0.2) is 0 Å². The molecule has 0 radical (unpaired) electrons. The van der Waals surface area contributed by atoms with Crippen LogP contribution in [0, 0.1) is 0 Å². The Bertz CT molecular complexity index is 463. The van der Waals surface area contributed by atoms with Crippen molar-refractivity contribution in [2.75, 3.05) is 24.7 Å². The average molecular weight is 275 g/mol. The third-order valence-electron chi connectivity index (χ3n) is 4.11. The molecule has 0 saturated carbocycles. The highest BCUT2D eigenvalue weighted by molar-refractivity contribution is 5.72. The minimum absolute atomic E-state index is 0.161. The maximum absolute atomic E-state index is 11.5. The summed E-state index contributed by atoms with van der Waals surface area (Å²) in [5.74, 6) is -0.161. The fourth-order valence-corrected chi connectivity index (χ4v) is 3.05. The van der Waals surface area contributed by atoms with Crippen LogP contribution in [-0.2, 0) is 20.7 Å². The molecule has 4 rings (SSSR count). The van der Waals surface area contributed by atoms with Crippen molar-refractivity contribution >= 4 is 11.7 Å². The van der Waals surface area contributed by atoms with Crippen LogP contribution in [0.1, 0.15) is 25.3 Å². The molecule has 0 spiro atoms. The number of carbonyl (C=O) groups is 1. The van der Waals surface area contributed by atoms with Gasteiger partial charge in [-0.15, -0.1) is 0 Å². The maximum atomic E-state index is 11.5. The molecule has 3 aliphatic rings. The molecule has 2 bridgehead atoms. The van der Waals surface area contributed by atoms with E-state index in [1.165, 1.54) is 18.5 Å². The minimum atomic E-state index is -0.161. The summed E-state index contributed by atoms with van der Waals surface area (Å²) >= 11 is 0. The van der Waals surface area contributed by atoms with Crippen molar-refractivity contribution in [1.29, 1.82) is 0 Å². The van der Waals surface area contributed by atoms with E-state index in [1.807, 2.05) is 19.1 Å². The highest BCUT2D eigenvalue weighted by Gasteiger charge is 2.34. The molecule has 3 fully saturated rings. The van der Waals surface area contributed by atoms with Gasteiger partial charge in [0.1, 0.15) is 0 Å². The van der Waals surface area contributed by atoms with Gasteiger partial charge in [0.05, 0.1) is 31.8 Å². The second kappa shape index (κ2) is 5.83. The lowest BCUT2D eigenvalue weighted by atomic mass is 9.96. The van der Waals surface area contributed by atoms with E-state index in [1.54, 1.807) is 0 Å². The first-order valence-electron chi connectivity index (χ1n) is 7.39. The van der Waals surface area contributed by atoms with E-state index < -0.39 is 0 Å². The number of hydrogen-bond donors (Lipinski definition) is 0. The fourth-order valence-electron chi connectivity index (χ4n) is 3.05. The molecule has 0 aromatic heterocycles. The first-order valence-corrected chi connectivity index (χ1v) is 7.39. The lowest BCUT2D eigenvalue weighted by Gasteiger charge is -2.46. The zero-order chi connectivity index (χ0) is 13.9. The largest absolute Gasteiger partial charge is 0.466 e. The summed E-state index contributed by atoms with van der Waals surface area (Å²) in [7, 11) is 0. The molecule has 108 valence electrons. The number of carbonyl (C=O) groups excluding carboxylic acids is 1. The molecule has 0 amide bonds. The van der Waals surface area contributed by atoms with E-state index in [9.17, 15) is 4.79 Å². The Hall–Kier alpha value is -1.55. The molecule has 0 aliphatic carbocycles. The lowest BCUT2D eigenvalue weighted by molar-refractivity contribution is -0.142. The van der Waals surface area contributed by atoms with Gasteiger partial charge in [-0.05, 0) is 37.5 Å². The van der Waals surface area contributed by atoms with Crippen LogP contribution in [0.5, 0.6) is 0 Å². The lowest BCUT2D eigenvalue weighted by Crippen LogP contribution is -2.54. The van der Waals surface area contributed by atoms with Crippen LogP contribution >= 0.6 is 0 Å². The Morgan fingerprint density at radius 2 is 2.15 bits per heavy atom. The van der Waals surface area contributed by atoms with Gasteiger partial charge in [0.2, 0.25) is 0 Å². The zero-order valence-electron chi connectivity index (χ0n) is 11.9. The topological polar surface area (TPSA) is 38.8 Å². The number of anilines is 1. The van der Waals surface area contributed by atoms with Crippen molar-refractivity contribution < 1.29 is 14.3 Å². The number of piperidine rings is 1. The van der Waals surface area contributed by atoms with E-state index in [-0.39, 0.29) is 5.97 Å². The summed E-state index contributed by atoms with van der Waals surface area (Å²) in [4.78, 5) is 13.9. The van der Waals surface area contributed by atoms with Crippen LogP contribution < -0.4 is 4.90 Å². The Kier molecular flexibility index (Phi) is 3.92. The van der Waals surface area contributed by atoms with Crippen molar-refractivity contribution in [2.24, 2.45) is 0 Å². The van der Waals surface area contributed by atoms with Gasteiger partial charge >= 0.3 is 5.97 Å². The first-order chi connectivity index (χ1) is 9.76. The molecule has 1 aromatic carbocycles. The second-order valence-corrected chi connectivity index (χ2v) is 5.49. The van der Waals surface area contributed by atoms with Gasteiger partial charge in [-0.3, -0.25) is 4.79 Å². The molecule has 1 aromatic rings. The van der Waals surface area contributed by atoms with Crippen molar-refractivity contribution in [3.8, 4) is 0 Å². The summed E-state index contributed by atoms with van der Waals surface area (Å²) in [6, 6.07) is 8.77. The fraction of sp³-hybridized carbons (Fsp3) is 0.562. The highest BCUT2D eigenvalue weighted by Crippen LogP contribution is 2.30. The number of morpholine rings is 1. The molecule has 0 unspecified atom stereocenters. The zero-order valence-corrected chi connectivity index (χ0v) is 11.9. The number of benzene rings is 1. The standard InChI is InChI=1S/C16H21NO3/c1-2-19-16(18)9-12-3-5-13(6-4-12)17-10-15-8-7-14(17)11-20-15/h3-6,14-15H,2,7-11H2,1H3/t14-,15-/m0/s1. The normalized spacial score (nSPS) is 24.8. The van der Waals surface area contributed by atoms with Gasteiger partial charge in [0.15, 0.2) is 0 Å². The maximum Gasteiger partial charge on any atom is 0.310 e. The van der Waals surface area contributed by atoms with Crippen molar-refractivity contribution in [3.63, 3.8) is 0 Å². The number of hydrogen-bond acceptors (Lipinski definition) is 4. The number of fused-ring (bicyclic) bond motifs is 3. The first kappa shape index (κ1) is 13.4. The van der Waals surface area contributed by atoms with Gasteiger partial charge in [-0.1, -0.05) is 12.1 Å². The van der Waals surface area contributed by atoms with Crippen LogP contribution in [0.3, 0.4) is 0 Å². The number of esters is 1. The van der Waals surface area contributed by atoms with Gasteiger partial charge in [-0.2, -0.15) is 0 Å². The predicted octanol–water partition coefficient (Wildman–Crippen LogP) is 2.16. The van der Waals surface area contributed by atoms with Gasteiger partial charge in [0, 0.05) is 12.2 Å². The average Bonchev–Trinajstić information content (AvgIpc) is 2.49. The molecule has 0 N–H and O–H groups in total. The summed E-state index contributed by atoms with van der Waals surface area (Å²) in [6.45, 7) is 4.10. The number of nitrogens with zero attached hydrogens (tertiary/aromatic N) is 1. The van der Waals surface area contributed by atoms with Gasteiger partial charge < -0.3 is 14.4 Å². The molecular formula is C16H21NO3. The van der Waals surface area contributed by atoms with Crippen molar-refractivity contribution in [2.45, 2.75) is 38.3 Å². The van der Waals surface area contributed by atoms with Crippen molar-refractivity contribution in [3.05, 3.63) is 29.8 Å². The smallest absolute Gasteiger partial charge is 0.310 e. The summed E-state index contributed by atoms with van der Waals surface area (Å²) in [5.41, 5.74) is 2.24. The van der Waals surface area contributed by atoms with Gasteiger partial charge in [0.25, 0.3) is 0 Å². The highest BCUT2D eigenvalue weighted by atomic mass is 16.5. The van der Waals surface area contributed by atoms with Crippen LogP contribution in [0.2, 0.25) is 0 Å². The second-order valence-electron chi connectivity index (χ2n) is 5.49. The number of rotatable bonds is 4. The molecule has 20 heavy (non-hydrogen) atoms. The van der Waals surface area contributed by atoms with Crippen LogP contribution in [0.25, 0.3) is 0 Å². The summed E-state index contributed by atoms with van der Waals surface area (Å²) in [5, 5.41) is 0. The Balaban J connectivity index is 1.65. The molecule has 3 saturated heterocycles. The Morgan fingerprint density at radius 1 is 1.35 bits per heavy atom. The minimum Gasteiger partial charge on any atom is -0.466 e. The molecule has 3 heterocycles. The van der Waals surface area contributed by atoms with Crippen molar-refractivity contribution in [1.82, 2.24) is 0 Å². The summed E-state index contributed by atoms with van der Waals surface area (Å²) < 4.78 is 10.7. The Morgan fingerprint density at radius 3 is 2.70 bits per heavy atom. The van der Waals surface area contributed by atoms with E-state index in [2.05, 4.69) is 17.0 Å². The molecule has 3 aliphatic heterocycles. The molecular weight excluding hydrogens is 254 g/mol. The van der Waals surface area contributed by atoms with E-state index in [4.69, 9.17) is 9.47 Å². The quantitative estimate of drug-likeness (QED) is 0.789. The molecule has 4 nitrogen and oxygen atoms in total. The Labute approximate surface area is 119 Å². The SMILES string of the molecule is CCOC(=O)Cc1ccc(N2C[C@@H]3CC[C@H]2CO3)cc1. The van der Waals surface area contributed by atoms with E-state index >= 15 is 0 Å². The van der Waals surface area contributed by atoms with E-state index in [0.717, 1.165) is 18.7 Å². The van der Waals surface area contributed by atoms with Crippen LogP contribution in [0.4, 0.5) is 5.69 Å². The van der Waals surface area contributed by atoms with Crippen LogP contribution in [-0.4, -0.2) is 37.9 Å². The third kappa shape index (κ3) is 2.80. The molecule has 4 heteroatoms. The predicted molar refractivity (Wildman–Crippen MR) is 76.9 cm³/mol.